The van der Waals surface area contributed by atoms with Crippen LogP contribution in [-0.2, 0) is 10.3 Å². The van der Waals surface area contributed by atoms with Crippen LogP contribution in [0, 0.1) is 0 Å². The van der Waals surface area contributed by atoms with E-state index >= 15 is 0 Å². The first-order valence-electron chi connectivity index (χ1n) is 5.64. The lowest BCUT2D eigenvalue weighted by atomic mass is 10.1. The number of carbonyl (C=O) groups is 1. The van der Waals surface area contributed by atoms with Gasteiger partial charge in [-0.3, -0.25) is 0 Å². The minimum Gasteiger partial charge on any atom is -0.465 e. The number of carbonyl (C=O) groups excluding carboxylic acids is 1. The number of para-hydroxylation sites is 1. The molecule has 3 heteroatoms. The van der Waals surface area contributed by atoms with Gasteiger partial charge < -0.3 is 9.30 Å². The number of fused-ring (bicyclic) bond motifs is 1. The molecule has 1 aromatic heterocycles. The number of hydrogen-bond donors (Lipinski definition) is 0. The van der Waals surface area contributed by atoms with Crippen LogP contribution in [0.25, 0.3) is 10.9 Å². The van der Waals surface area contributed by atoms with Crippen molar-refractivity contribution < 1.29 is 9.53 Å². The molecule has 0 atom stereocenters. The fourth-order valence-electron chi connectivity index (χ4n) is 2.01. The quantitative estimate of drug-likeness (QED) is 0.706. The van der Waals surface area contributed by atoms with Crippen LogP contribution in [0.3, 0.4) is 0 Å². The van der Waals surface area contributed by atoms with E-state index < -0.39 is 0 Å². The lowest BCUT2D eigenvalue weighted by Crippen LogP contribution is -2.20. The molecule has 0 amide bonds. The largest absolute Gasteiger partial charge is 0.465 e. The Morgan fingerprint density at radius 2 is 1.88 bits per heavy atom. The van der Waals surface area contributed by atoms with Gasteiger partial charge >= 0.3 is 5.97 Å². The summed E-state index contributed by atoms with van der Waals surface area (Å²) in [5.41, 5.74) is 1.62. The topological polar surface area (TPSA) is 31.2 Å². The molecule has 2 aromatic rings. The second-order valence-corrected chi connectivity index (χ2v) is 5.09. The van der Waals surface area contributed by atoms with Crippen LogP contribution in [0.5, 0.6) is 0 Å². The van der Waals surface area contributed by atoms with Crippen LogP contribution in [0.1, 0.15) is 31.1 Å². The second kappa shape index (κ2) is 3.91. The summed E-state index contributed by atoms with van der Waals surface area (Å²) in [6.07, 6.45) is 1.87. The predicted molar refractivity (Wildman–Crippen MR) is 68.3 cm³/mol. The predicted octanol–water partition coefficient (Wildman–Crippen LogP) is 3.18. The first-order chi connectivity index (χ1) is 7.95. The Kier molecular flexibility index (Phi) is 2.69. The van der Waals surface area contributed by atoms with Crippen molar-refractivity contribution in [3.63, 3.8) is 0 Å². The molecule has 0 saturated carbocycles. The van der Waals surface area contributed by atoms with Crippen molar-refractivity contribution in [3.8, 4) is 0 Å². The van der Waals surface area contributed by atoms with Gasteiger partial charge in [-0.05, 0) is 26.8 Å². The highest BCUT2D eigenvalue weighted by molar-refractivity contribution is 6.04. The molecule has 2 rings (SSSR count). The summed E-state index contributed by atoms with van der Waals surface area (Å²) < 4.78 is 6.92. The van der Waals surface area contributed by atoms with Crippen molar-refractivity contribution in [2.75, 3.05) is 7.11 Å². The summed E-state index contributed by atoms with van der Waals surface area (Å²) in [5.74, 6) is -0.288. The van der Waals surface area contributed by atoms with Crippen molar-refractivity contribution in [1.29, 1.82) is 0 Å². The van der Waals surface area contributed by atoms with E-state index in [4.69, 9.17) is 4.74 Å². The second-order valence-electron chi connectivity index (χ2n) is 5.09. The van der Waals surface area contributed by atoms with Gasteiger partial charge in [0.15, 0.2) is 0 Å². The van der Waals surface area contributed by atoms with E-state index in [0.29, 0.717) is 5.56 Å². The standard InChI is InChI=1S/C14H17NO2/c1-14(2,3)15-9-11(13(16)17-4)10-7-5-6-8-12(10)15/h5-9H,1-4H3. The smallest absolute Gasteiger partial charge is 0.340 e. The van der Waals surface area contributed by atoms with Crippen molar-refractivity contribution in [3.05, 3.63) is 36.0 Å². The fraction of sp³-hybridized carbons (Fsp3) is 0.357. The fourth-order valence-corrected chi connectivity index (χ4v) is 2.01. The zero-order valence-electron chi connectivity index (χ0n) is 10.7. The average Bonchev–Trinajstić information content (AvgIpc) is 2.67. The molecule has 1 heterocycles. The minimum absolute atomic E-state index is 0.0636. The zero-order valence-corrected chi connectivity index (χ0v) is 10.7. The summed E-state index contributed by atoms with van der Waals surface area (Å²) in [7, 11) is 1.41. The number of ether oxygens (including phenoxy) is 1. The SMILES string of the molecule is COC(=O)c1cn(C(C)(C)C)c2ccccc12. The van der Waals surface area contributed by atoms with Crippen molar-refractivity contribution in [2.45, 2.75) is 26.3 Å². The number of methoxy groups -OCH3 is 1. The summed E-state index contributed by atoms with van der Waals surface area (Å²) in [4.78, 5) is 11.7. The number of aromatic nitrogens is 1. The molecular formula is C14H17NO2. The number of nitrogens with zero attached hydrogens (tertiary/aromatic N) is 1. The molecule has 0 aliphatic carbocycles. The molecule has 0 aliphatic rings. The van der Waals surface area contributed by atoms with E-state index in [1.54, 1.807) is 0 Å². The molecule has 0 spiro atoms. The molecule has 90 valence electrons. The van der Waals surface area contributed by atoms with Gasteiger partial charge in [0, 0.05) is 22.6 Å². The normalized spacial score (nSPS) is 11.8. The van der Waals surface area contributed by atoms with Gasteiger partial charge in [0.1, 0.15) is 0 Å². The van der Waals surface area contributed by atoms with Crippen molar-refractivity contribution in [2.24, 2.45) is 0 Å². The van der Waals surface area contributed by atoms with Crippen LogP contribution >= 0.6 is 0 Å². The lowest BCUT2D eigenvalue weighted by molar-refractivity contribution is 0.0602. The third-order valence-electron chi connectivity index (χ3n) is 2.84. The van der Waals surface area contributed by atoms with Gasteiger partial charge in [-0.25, -0.2) is 4.79 Å². The minimum atomic E-state index is -0.288. The van der Waals surface area contributed by atoms with E-state index in [-0.39, 0.29) is 11.5 Å². The van der Waals surface area contributed by atoms with Gasteiger partial charge in [0.2, 0.25) is 0 Å². The van der Waals surface area contributed by atoms with Gasteiger partial charge in [0.05, 0.1) is 12.7 Å². The maximum atomic E-state index is 11.7. The van der Waals surface area contributed by atoms with E-state index in [1.165, 1.54) is 7.11 Å². The van der Waals surface area contributed by atoms with E-state index in [0.717, 1.165) is 10.9 Å². The molecule has 0 bridgehead atoms. The van der Waals surface area contributed by atoms with Crippen LogP contribution in [-0.4, -0.2) is 17.6 Å². The summed E-state index contributed by atoms with van der Waals surface area (Å²) in [5, 5.41) is 0.939. The third-order valence-corrected chi connectivity index (χ3v) is 2.84. The van der Waals surface area contributed by atoms with Gasteiger partial charge in [0.25, 0.3) is 0 Å². The van der Waals surface area contributed by atoms with Gasteiger partial charge in [-0.15, -0.1) is 0 Å². The Labute approximate surface area is 101 Å². The van der Waals surface area contributed by atoms with Crippen molar-refractivity contribution in [1.82, 2.24) is 4.57 Å². The monoisotopic (exact) mass is 231 g/mol. The van der Waals surface area contributed by atoms with Crippen LogP contribution in [0.4, 0.5) is 0 Å². The molecule has 0 radical (unpaired) electrons. The zero-order chi connectivity index (χ0) is 12.6. The lowest BCUT2D eigenvalue weighted by Gasteiger charge is -2.22. The summed E-state index contributed by atoms with van der Waals surface area (Å²) >= 11 is 0. The van der Waals surface area contributed by atoms with Gasteiger partial charge in [-0.1, -0.05) is 18.2 Å². The highest BCUT2D eigenvalue weighted by Gasteiger charge is 2.21. The summed E-state index contributed by atoms with van der Waals surface area (Å²) in [6.45, 7) is 6.33. The van der Waals surface area contributed by atoms with Crippen molar-refractivity contribution >= 4 is 16.9 Å². The highest BCUT2D eigenvalue weighted by atomic mass is 16.5. The molecule has 0 N–H and O–H groups in total. The Morgan fingerprint density at radius 3 is 2.47 bits per heavy atom. The molecule has 1 aromatic carbocycles. The van der Waals surface area contributed by atoms with E-state index in [2.05, 4.69) is 25.3 Å². The van der Waals surface area contributed by atoms with Gasteiger partial charge in [-0.2, -0.15) is 0 Å². The number of rotatable bonds is 1. The van der Waals surface area contributed by atoms with E-state index in [1.807, 2.05) is 30.5 Å². The first kappa shape index (κ1) is 11.7. The molecule has 3 nitrogen and oxygen atoms in total. The summed E-state index contributed by atoms with van der Waals surface area (Å²) in [6, 6.07) is 7.88. The molecule has 17 heavy (non-hydrogen) atoms. The maximum absolute atomic E-state index is 11.7. The molecule has 0 unspecified atom stereocenters. The van der Waals surface area contributed by atoms with E-state index in [9.17, 15) is 4.79 Å². The number of benzene rings is 1. The Balaban J connectivity index is 2.76. The molecular weight excluding hydrogens is 214 g/mol. The Hall–Kier alpha value is -1.77. The maximum Gasteiger partial charge on any atom is 0.340 e. The number of esters is 1. The van der Waals surface area contributed by atoms with Crippen LogP contribution in [0.15, 0.2) is 30.5 Å². The third kappa shape index (κ3) is 1.93. The number of hydrogen-bond acceptors (Lipinski definition) is 2. The molecule has 0 fully saturated rings. The first-order valence-corrected chi connectivity index (χ1v) is 5.64. The van der Waals surface area contributed by atoms with Crippen LogP contribution < -0.4 is 0 Å². The Bertz CT molecular complexity index is 561. The highest BCUT2D eigenvalue weighted by Crippen LogP contribution is 2.27. The van der Waals surface area contributed by atoms with Crippen LogP contribution in [0.2, 0.25) is 0 Å². The average molecular weight is 231 g/mol. The Morgan fingerprint density at radius 1 is 1.24 bits per heavy atom. The molecule has 0 saturated heterocycles. The molecule has 0 aliphatic heterocycles.